The maximum absolute atomic E-state index is 12.5. The van der Waals surface area contributed by atoms with Gasteiger partial charge in [0.25, 0.3) is 0 Å². The van der Waals surface area contributed by atoms with Gasteiger partial charge in [-0.05, 0) is 46.0 Å². The number of unbranched alkanes of at least 4 members (excludes halogenated alkanes) is 3. The molecule has 2 aliphatic heterocycles. The van der Waals surface area contributed by atoms with Gasteiger partial charge in [-0.25, -0.2) is 9.13 Å². The van der Waals surface area contributed by atoms with Gasteiger partial charge >= 0.3 is 15.6 Å². The Morgan fingerprint density at radius 1 is 0.862 bits per heavy atom. The third-order valence-electron chi connectivity index (χ3n) is 9.65. The molecule has 2 aliphatic rings. The molecule has 0 radical (unpaired) electrons. The summed E-state index contributed by atoms with van der Waals surface area (Å²) in [5.41, 5.74) is 0.558. The van der Waals surface area contributed by atoms with Crippen LogP contribution >= 0.6 is 15.6 Å². The van der Waals surface area contributed by atoms with Gasteiger partial charge in [-0.2, -0.15) is 0 Å². The van der Waals surface area contributed by atoms with Crippen molar-refractivity contribution in [1.29, 1.82) is 0 Å². The molecule has 24 heteroatoms. The second kappa shape index (κ2) is 25.7. The Bertz CT molecular complexity index is 1460. The molecule has 2 fully saturated rings. The van der Waals surface area contributed by atoms with E-state index in [1.807, 2.05) is 0 Å². The summed E-state index contributed by atoms with van der Waals surface area (Å²) in [5.74, 6) is -0.762. The van der Waals surface area contributed by atoms with Crippen LogP contribution in [0.2, 0.25) is 0 Å². The predicted octanol–water partition coefficient (Wildman–Crippen LogP) is 0.724. The van der Waals surface area contributed by atoms with Crippen LogP contribution in [0.15, 0.2) is 6.20 Å². The number of hydrogen-bond donors (Lipinski definition) is 7. The summed E-state index contributed by atoms with van der Waals surface area (Å²) >= 11 is 0. The van der Waals surface area contributed by atoms with E-state index in [1.54, 1.807) is 24.7 Å². The van der Waals surface area contributed by atoms with E-state index in [4.69, 9.17) is 37.0 Å². The van der Waals surface area contributed by atoms with Crippen molar-refractivity contribution in [2.24, 2.45) is 5.92 Å². The quantitative estimate of drug-likeness (QED) is 0.0414. The van der Waals surface area contributed by atoms with E-state index in [-0.39, 0.29) is 64.2 Å². The molecule has 5 unspecified atom stereocenters. The summed E-state index contributed by atoms with van der Waals surface area (Å²) in [6, 6.07) is 0. The number of rotatable bonds is 30. The summed E-state index contributed by atoms with van der Waals surface area (Å²) in [6.45, 7) is 3.53. The number of aliphatic hydroxyl groups excluding tert-OH is 3. The van der Waals surface area contributed by atoms with Gasteiger partial charge in [-0.15, -0.1) is 5.10 Å². The van der Waals surface area contributed by atoms with Crippen LogP contribution in [0.3, 0.4) is 0 Å². The number of phosphoric acid groups is 2. The summed E-state index contributed by atoms with van der Waals surface area (Å²) in [4.78, 5) is 44.7. The Kier molecular flexibility index (Phi) is 22.3. The molecule has 11 atom stereocenters. The highest BCUT2D eigenvalue weighted by Gasteiger charge is 2.46. The second-order valence-corrected chi connectivity index (χ2v) is 17.2. The van der Waals surface area contributed by atoms with E-state index in [0.717, 1.165) is 0 Å². The topological polar surface area (TPSA) is 298 Å². The number of aryl methyl sites for hydroxylation is 1. The van der Waals surface area contributed by atoms with Crippen molar-refractivity contribution in [2.75, 3.05) is 53.8 Å². The lowest BCUT2D eigenvalue weighted by atomic mass is 10.0. The van der Waals surface area contributed by atoms with Gasteiger partial charge in [-0.1, -0.05) is 18.1 Å². The number of aliphatic hydroxyl groups is 3. The number of ether oxygens (including phenoxy) is 4. The highest BCUT2D eigenvalue weighted by Crippen LogP contribution is 2.48. The number of aromatic nitrogens is 3. The Morgan fingerprint density at radius 2 is 1.53 bits per heavy atom. The maximum Gasteiger partial charge on any atom is 0.472 e. The third-order valence-corrected chi connectivity index (χ3v) is 11.6. The van der Waals surface area contributed by atoms with Gasteiger partial charge in [0.1, 0.15) is 42.3 Å². The fraction of sp³-hybridized carbons (Fsp3) is 0.882. The van der Waals surface area contributed by atoms with Crippen LogP contribution in [-0.4, -0.2) is 155 Å². The number of amides is 2. The van der Waals surface area contributed by atoms with Gasteiger partial charge in [0.15, 0.2) is 0 Å². The SMILES string of the molecule is COC[C@H]1O[C@@H](C)C(O)[C@H]1OP(=O)(O)OCC(CO)CCCCNC(=O)CCCn1cc(CNC(=O)CCCCCOP(=O)(O)OC[C@H]2O[C@@H](C)C(O)[C@H]2OC)nn1. The Balaban J connectivity index is 1.18. The molecule has 7 N–H and O–H groups in total. The molecular weight excluding hydrogens is 812 g/mol. The molecule has 3 rings (SSSR count). The first kappa shape index (κ1) is 50.4. The first-order valence-corrected chi connectivity index (χ1v) is 22.6. The molecule has 58 heavy (non-hydrogen) atoms. The Labute approximate surface area is 338 Å². The first-order valence-electron chi connectivity index (χ1n) is 19.6. The van der Waals surface area contributed by atoms with E-state index >= 15 is 0 Å². The minimum Gasteiger partial charge on any atom is -0.396 e. The summed E-state index contributed by atoms with van der Waals surface area (Å²) in [5, 5.41) is 43.7. The molecular formula is C34H63N5O17P2. The summed E-state index contributed by atoms with van der Waals surface area (Å²) < 4.78 is 67.8. The van der Waals surface area contributed by atoms with Crippen LogP contribution < -0.4 is 10.6 Å². The van der Waals surface area contributed by atoms with Crippen molar-refractivity contribution < 1.29 is 80.9 Å². The summed E-state index contributed by atoms with van der Waals surface area (Å²) in [6.07, 6.45) is -0.427. The number of nitrogens with zero attached hydrogens (tertiary/aromatic N) is 3. The monoisotopic (exact) mass is 875 g/mol. The van der Waals surface area contributed by atoms with Crippen molar-refractivity contribution >= 4 is 27.5 Å². The smallest absolute Gasteiger partial charge is 0.396 e. The minimum absolute atomic E-state index is 0.0424. The lowest BCUT2D eigenvalue weighted by molar-refractivity contribution is -0.122. The van der Waals surface area contributed by atoms with Crippen LogP contribution in [0.5, 0.6) is 0 Å². The Morgan fingerprint density at radius 3 is 2.22 bits per heavy atom. The van der Waals surface area contributed by atoms with Crippen LogP contribution in [0.25, 0.3) is 0 Å². The lowest BCUT2D eigenvalue weighted by Crippen LogP contribution is -2.36. The van der Waals surface area contributed by atoms with E-state index < -0.39 is 70.4 Å². The Hall–Kier alpha value is -1.98. The van der Waals surface area contributed by atoms with E-state index in [2.05, 4.69) is 20.9 Å². The number of nitrogens with one attached hydrogen (secondary N) is 2. The molecule has 22 nitrogen and oxygen atoms in total. The van der Waals surface area contributed by atoms with Gasteiger partial charge in [0.2, 0.25) is 11.8 Å². The molecule has 0 aliphatic carbocycles. The number of methoxy groups -OCH3 is 2. The molecule has 2 saturated heterocycles. The molecule has 0 bridgehead atoms. The van der Waals surface area contributed by atoms with E-state index in [9.17, 15) is 43.8 Å². The highest BCUT2D eigenvalue weighted by atomic mass is 31.2. The molecule has 336 valence electrons. The van der Waals surface area contributed by atoms with Crippen molar-refractivity contribution in [3.05, 3.63) is 11.9 Å². The third kappa shape index (κ3) is 17.9. The average molecular weight is 876 g/mol. The molecule has 3 heterocycles. The van der Waals surface area contributed by atoms with Crippen LogP contribution in [0, 0.1) is 5.92 Å². The van der Waals surface area contributed by atoms with Crippen LogP contribution in [0.4, 0.5) is 0 Å². The zero-order valence-corrected chi connectivity index (χ0v) is 35.5. The first-order chi connectivity index (χ1) is 27.6. The fourth-order valence-electron chi connectivity index (χ4n) is 6.34. The van der Waals surface area contributed by atoms with Gasteiger partial charge in [0, 0.05) is 52.7 Å². The van der Waals surface area contributed by atoms with Gasteiger partial charge in [-0.3, -0.25) is 32.4 Å². The van der Waals surface area contributed by atoms with E-state index in [1.165, 1.54) is 14.2 Å². The maximum atomic E-state index is 12.5. The molecule has 1 aromatic rings. The lowest BCUT2D eigenvalue weighted by Gasteiger charge is -2.24. The normalized spacial score (nSPS) is 27.3. The average Bonchev–Trinajstić information content (AvgIpc) is 3.83. The number of carbonyl (C=O) groups excluding carboxylic acids is 2. The molecule has 0 aromatic carbocycles. The molecule has 2 amide bonds. The zero-order valence-electron chi connectivity index (χ0n) is 33.7. The number of carbonyl (C=O) groups is 2. The van der Waals surface area contributed by atoms with Crippen molar-refractivity contribution in [3.63, 3.8) is 0 Å². The predicted molar refractivity (Wildman–Crippen MR) is 203 cm³/mol. The van der Waals surface area contributed by atoms with Gasteiger partial charge in [0.05, 0.1) is 51.4 Å². The zero-order chi connectivity index (χ0) is 42.7. The van der Waals surface area contributed by atoms with Crippen LogP contribution in [-0.2, 0) is 68.9 Å². The van der Waals surface area contributed by atoms with Crippen LogP contribution in [0.1, 0.15) is 77.3 Å². The number of phosphoric ester groups is 2. The standard InChI is InChI=1S/C34H63N5O17P2/c1-23-31(43)33(50-4)28(55-23)22-53-57(45,46)51-16-9-5-6-12-30(42)36-17-26-18-39(38-37-26)15-10-13-29(41)35-14-8-7-11-25(19-40)20-52-58(47,48)56-34-27(21-49-3)54-24(2)32(34)44/h18,23-25,27-28,31-34,40,43-44H,5-17,19-22H2,1-4H3,(H,35,41)(H,36,42)(H,45,46)(H,47,48)/t23-,24-,25?,27+,28+,31?,32?,33-,34-/m0/s1. The highest BCUT2D eigenvalue weighted by molar-refractivity contribution is 7.47. The fourth-order valence-corrected chi connectivity index (χ4v) is 8.14. The largest absolute Gasteiger partial charge is 0.472 e. The number of hydrogen-bond acceptors (Lipinski definition) is 17. The van der Waals surface area contributed by atoms with E-state index in [0.29, 0.717) is 63.7 Å². The summed E-state index contributed by atoms with van der Waals surface area (Å²) in [7, 11) is -6.06. The molecule has 0 saturated carbocycles. The van der Waals surface area contributed by atoms with Crippen molar-refractivity contribution in [2.45, 2.75) is 134 Å². The molecule has 1 aromatic heterocycles. The second-order valence-electron chi connectivity index (χ2n) is 14.4. The van der Waals surface area contributed by atoms with Gasteiger partial charge < -0.3 is 54.7 Å². The van der Waals surface area contributed by atoms with Crippen molar-refractivity contribution in [3.8, 4) is 0 Å². The minimum atomic E-state index is -4.57. The molecule has 0 spiro atoms. The van der Waals surface area contributed by atoms with Crippen molar-refractivity contribution in [1.82, 2.24) is 25.6 Å².